The minimum atomic E-state index is -1.19. The van der Waals surface area contributed by atoms with Gasteiger partial charge >= 0.3 is 18.9 Å². The molecule has 5 nitrogen and oxygen atoms in total. The summed E-state index contributed by atoms with van der Waals surface area (Å²) in [6.07, 6.45) is 4.72. The van der Waals surface area contributed by atoms with Crippen molar-refractivity contribution in [2.45, 2.75) is 50.2 Å². The number of hydrogen-bond acceptors (Lipinski definition) is 4. The van der Waals surface area contributed by atoms with E-state index >= 15 is 0 Å². The first-order chi connectivity index (χ1) is 14.0. The first-order valence-electron chi connectivity index (χ1n) is 10.1. The van der Waals surface area contributed by atoms with E-state index in [2.05, 4.69) is 10.2 Å². The van der Waals surface area contributed by atoms with Gasteiger partial charge < -0.3 is 15.2 Å². The van der Waals surface area contributed by atoms with Gasteiger partial charge in [0, 0.05) is 11.6 Å². The maximum atomic E-state index is 13.2. The molecule has 0 spiro atoms. The number of carboxylic acids is 1. The van der Waals surface area contributed by atoms with E-state index in [4.69, 9.17) is 11.6 Å². The number of carbonyl (C=O) groups excluding carboxylic acids is 2. The molecule has 1 unspecified atom stereocenters. The maximum Gasteiger partial charge on any atom is 1.00 e. The average molecular weight is 419 g/mol. The number of nitrogens with one attached hydrogen (secondary N) is 1. The molecule has 2 aromatic carbocycles. The summed E-state index contributed by atoms with van der Waals surface area (Å²) in [6.45, 7) is 1.62. The van der Waals surface area contributed by atoms with Crippen molar-refractivity contribution in [3.05, 3.63) is 70.2 Å². The first kappa shape index (κ1) is 22.9. The number of aromatic carboxylic acids is 1. The monoisotopic (exact) mass is 418 g/mol. The van der Waals surface area contributed by atoms with Crippen LogP contribution in [0.3, 0.4) is 0 Å². The van der Waals surface area contributed by atoms with Gasteiger partial charge in [0.05, 0.1) is 17.6 Å². The Bertz CT molecular complexity index is 898. The van der Waals surface area contributed by atoms with Crippen LogP contribution in [0.2, 0.25) is 5.02 Å². The van der Waals surface area contributed by atoms with E-state index in [1.54, 1.807) is 24.3 Å². The molecule has 2 aromatic rings. The summed E-state index contributed by atoms with van der Waals surface area (Å²) in [6, 6.07) is 14.3. The van der Waals surface area contributed by atoms with Crippen LogP contribution in [0.1, 0.15) is 53.6 Å². The summed E-state index contributed by atoms with van der Waals surface area (Å²) in [7, 11) is 0. The molecule has 1 heterocycles. The van der Waals surface area contributed by atoms with E-state index in [1.165, 1.54) is 0 Å². The first-order valence-corrected chi connectivity index (χ1v) is 10.5. The minimum Gasteiger partial charge on any atom is -0.545 e. The van der Waals surface area contributed by atoms with Gasteiger partial charge in [-0.15, -0.1) is 0 Å². The van der Waals surface area contributed by atoms with Gasteiger partial charge in [-0.25, -0.2) is 0 Å². The van der Waals surface area contributed by atoms with Gasteiger partial charge in [-0.05, 0) is 61.1 Å². The molecule has 0 aromatic heterocycles. The molecule has 4 rings (SSSR count). The van der Waals surface area contributed by atoms with E-state index in [9.17, 15) is 14.7 Å². The van der Waals surface area contributed by atoms with Crippen molar-refractivity contribution in [1.29, 1.82) is 0 Å². The van der Waals surface area contributed by atoms with Crippen LogP contribution in [0.5, 0.6) is 0 Å². The van der Waals surface area contributed by atoms with Crippen molar-refractivity contribution < 1.29 is 33.6 Å². The quantitative estimate of drug-likeness (QED) is 0.663. The number of amides is 1. The van der Waals surface area contributed by atoms with Crippen LogP contribution < -0.4 is 29.3 Å². The van der Waals surface area contributed by atoms with Gasteiger partial charge in [0.25, 0.3) is 0 Å². The van der Waals surface area contributed by atoms with Crippen molar-refractivity contribution in [1.82, 2.24) is 10.2 Å². The molecule has 2 fully saturated rings. The average Bonchev–Trinajstić information content (AvgIpc) is 3.51. The van der Waals surface area contributed by atoms with Gasteiger partial charge in [0.15, 0.2) is 0 Å². The van der Waals surface area contributed by atoms with Crippen molar-refractivity contribution in [2.75, 3.05) is 6.54 Å². The fourth-order valence-corrected chi connectivity index (χ4v) is 4.28. The Morgan fingerprint density at radius 3 is 2.33 bits per heavy atom. The van der Waals surface area contributed by atoms with Gasteiger partial charge in [-0.3, -0.25) is 9.69 Å². The van der Waals surface area contributed by atoms with E-state index in [1.807, 2.05) is 24.3 Å². The van der Waals surface area contributed by atoms with Crippen LogP contribution in [0.4, 0.5) is 0 Å². The Balaban J connectivity index is 0.00000256. The summed E-state index contributed by atoms with van der Waals surface area (Å²) in [5, 5.41) is 14.9. The third-order valence-electron chi connectivity index (χ3n) is 6.00. The number of piperidine rings is 1. The number of carbonyl (C=O) groups is 2. The van der Waals surface area contributed by atoms with Crippen LogP contribution in [-0.4, -0.2) is 29.4 Å². The van der Waals surface area contributed by atoms with Gasteiger partial charge in [-0.2, -0.15) is 0 Å². The number of benzene rings is 2. The smallest absolute Gasteiger partial charge is 0.545 e. The summed E-state index contributed by atoms with van der Waals surface area (Å²) in [5.41, 5.74) is 1.88. The Labute approximate surface area is 194 Å². The molecule has 1 saturated heterocycles. The predicted octanol–water partition coefficient (Wildman–Crippen LogP) is -0.132. The SMILES string of the molecule is O=C([O-])c1ccc(C2(NC(=O)C3CCCCN3Cc3ccc(Cl)cc3)CC2)cc1.[Li+]. The van der Waals surface area contributed by atoms with Crippen molar-refractivity contribution in [2.24, 2.45) is 0 Å². The third-order valence-corrected chi connectivity index (χ3v) is 6.25. The topological polar surface area (TPSA) is 72.5 Å². The second-order valence-corrected chi connectivity index (χ2v) is 8.48. The van der Waals surface area contributed by atoms with Gasteiger partial charge in [-0.1, -0.05) is 54.4 Å². The number of hydrogen-bond donors (Lipinski definition) is 1. The molecule has 2 aliphatic rings. The Morgan fingerprint density at radius 2 is 1.73 bits per heavy atom. The maximum absolute atomic E-state index is 13.2. The summed E-state index contributed by atoms with van der Waals surface area (Å²) in [4.78, 5) is 26.4. The number of rotatable bonds is 6. The molecule has 1 saturated carbocycles. The molecule has 1 N–H and O–H groups in total. The molecular weight excluding hydrogens is 395 g/mol. The second-order valence-electron chi connectivity index (χ2n) is 8.04. The number of nitrogens with zero attached hydrogens (tertiary/aromatic N) is 1. The summed E-state index contributed by atoms with van der Waals surface area (Å²) in [5.74, 6) is -1.13. The normalized spacial score (nSPS) is 20.1. The number of halogens is 1. The molecule has 1 aliphatic heterocycles. The standard InChI is InChI=1S/C23H25ClN2O3.Li/c24-19-10-4-16(5-11-19)15-26-14-2-1-3-20(26)21(27)25-23(12-13-23)18-8-6-17(7-9-18)22(28)29;/h4-11,20H,1-3,12-15H2,(H,25,27)(H,28,29);/q;+1/p-1. The van der Waals surface area contributed by atoms with Gasteiger partial charge in [0.2, 0.25) is 5.91 Å². The zero-order valence-corrected chi connectivity index (χ0v) is 18.0. The fourth-order valence-electron chi connectivity index (χ4n) is 4.16. The molecular formula is C23H24ClLiN2O3. The third kappa shape index (κ3) is 5.10. The number of likely N-dealkylation sites (tertiary alicyclic amines) is 1. The summed E-state index contributed by atoms with van der Waals surface area (Å²) >= 11 is 5.98. The molecule has 1 aliphatic carbocycles. The van der Waals surface area contributed by atoms with E-state index in [-0.39, 0.29) is 41.9 Å². The molecule has 1 amide bonds. The minimum absolute atomic E-state index is 0. The predicted molar refractivity (Wildman–Crippen MR) is 109 cm³/mol. The molecule has 0 radical (unpaired) electrons. The molecule has 1 atom stereocenters. The van der Waals surface area contributed by atoms with Crippen LogP contribution in [-0.2, 0) is 16.9 Å². The van der Waals surface area contributed by atoms with Crippen LogP contribution >= 0.6 is 11.6 Å². The van der Waals surface area contributed by atoms with Crippen LogP contribution in [0.15, 0.2) is 48.5 Å². The largest absolute Gasteiger partial charge is 1.00 e. The molecule has 30 heavy (non-hydrogen) atoms. The molecule has 0 bridgehead atoms. The van der Waals surface area contributed by atoms with E-state index < -0.39 is 5.97 Å². The zero-order chi connectivity index (χ0) is 20.4. The van der Waals surface area contributed by atoms with E-state index in [0.29, 0.717) is 5.02 Å². The van der Waals surface area contributed by atoms with Crippen LogP contribution in [0, 0.1) is 0 Å². The second kappa shape index (κ2) is 9.57. The Hall–Kier alpha value is -1.77. The Kier molecular flexibility index (Phi) is 7.31. The zero-order valence-electron chi connectivity index (χ0n) is 17.2. The van der Waals surface area contributed by atoms with Crippen molar-refractivity contribution in [3.63, 3.8) is 0 Å². The van der Waals surface area contributed by atoms with Crippen molar-refractivity contribution >= 4 is 23.5 Å². The Morgan fingerprint density at radius 1 is 1.07 bits per heavy atom. The van der Waals surface area contributed by atoms with Crippen molar-refractivity contribution in [3.8, 4) is 0 Å². The number of carboxylic acid groups (broad SMARTS) is 1. The molecule has 152 valence electrons. The molecule has 7 heteroatoms. The summed E-state index contributed by atoms with van der Waals surface area (Å²) < 4.78 is 0. The van der Waals surface area contributed by atoms with Gasteiger partial charge in [0.1, 0.15) is 0 Å². The van der Waals surface area contributed by atoms with Crippen LogP contribution in [0.25, 0.3) is 0 Å². The fraction of sp³-hybridized carbons (Fsp3) is 0.391. The van der Waals surface area contributed by atoms with E-state index in [0.717, 1.165) is 56.3 Å².